The van der Waals surface area contributed by atoms with Gasteiger partial charge in [0, 0.05) is 0 Å². The molecule has 1 aliphatic rings. The summed E-state index contributed by atoms with van der Waals surface area (Å²) in [5.41, 5.74) is -7.11. The lowest BCUT2D eigenvalue weighted by molar-refractivity contribution is -0.153. The van der Waals surface area contributed by atoms with Crippen LogP contribution in [0, 0.1) is 5.41 Å². The Kier molecular flexibility index (Phi) is 5.12. The quantitative estimate of drug-likeness (QED) is 0.586. The lowest BCUT2D eigenvalue weighted by Crippen LogP contribution is -2.54. The first-order chi connectivity index (χ1) is 12.1. The first kappa shape index (κ1) is 19.9. The third kappa shape index (κ3) is 2.40. The van der Waals surface area contributed by atoms with Crippen LogP contribution in [0.1, 0.15) is 43.6 Å². The second kappa shape index (κ2) is 6.70. The Morgan fingerprint density at radius 1 is 1.12 bits per heavy atom. The zero-order valence-corrected chi connectivity index (χ0v) is 14.9. The molecule has 0 saturated heterocycles. The van der Waals surface area contributed by atoms with E-state index in [0.29, 0.717) is 0 Å². The Labute approximate surface area is 149 Å². The van der Waals surface area contributed by atoms with Crippen LogP contribution in [0.4, 0.5) is 13.2 Å². The number of alkyl halides is 2. The van der Waals surface area contributed by atoms with Gasteiger partial charge in [-0.2, -0.15) is 0 Å². The molecule has 0 radical (unpaired) electrons. The maximum absolute atomic E-state index is 16.0. The Morgan fingerprint density at radius 3 is 2.04 bits per heavy atom. The highest BCUT2D eigenvalue weighted by molar-refractivity contribution is 6.09. The van der Waals surface area contributed by atoms with Crippen LogP contribution in [0.2, 0.25) is 0 Å². The summed E-state index contributed by atoms with van der Waals surface area (Å²) in [7, 11) is 0. The van der Waals surface area contributed by atoms with Gasteiger partial charge in [-0.05, 0) is 51.0 Å². The van der Waals surface area contributed by atoms with Crippen LogP contribution >= 0.6 is 0 Å². The van der Waals surface area contributed by atoms with Crippen LogP contribution in [-0.4, -0.2) is 30.3 Å². The fraction of sp³-hybridized carbons (Fsp3) is 0.421. The topological polar surface area (TPSA) is 60.4 Å². The smallest absolute Gasteiger partial charge is 0.338 e. The molecule has 140 valence electrons. The molecule has 0 spiro atoms. The average molecular weight is 368 g/mol. The minimum absolute atomic E-state index is 0.0753. The number of ether oxygens (including phenoxy) is 1. The number of esters is 1. The molecule has 0 saturated carbocycles. The van der Waals surface area contributed by atoms with Crippen molar-refractivity contribution in [2.45, 2.75) is 39.5 Å². The maximum atomic E-state index is 16.0. The van der Waals surface area contributed by atoms with Crippen LogP contribution < -0.4 is 0 Å². The summed E-state index contributed by atoms with van der Waals surface area (Å²) in [6, 6.07) is 4.46. The summed E-state index contributed by atoms with van der Waals surface area (Å²) < 4.78 is 50.4. The summed E-state index contributed by atoms with van der Waals surface area (Å²) in [6.07, 6.45) is -2.42. The number of Topliss-reactive ketones (excluding diaryl/α,β-unsaturated/α-hetero) is 2. The number of hydrogen-bond acceptors (Lipinski definition) is 4. The molecule has 0 N–H and O–H groups in total. The number of carbonyl (C=O) groups excluding carboxylic acids is 3. The fourth-order valence-electron chi connectivity index (χ4n) is 3.55. The summed E-state index contributed by atoms with van der Waals surface area (Å²) in [4.78, 5) is 36.1. The van der Waals surface area contributed by atoms with Crippen molar-refractivity contribution in [2.24, 2.45) is 5.41 Å². The van der Waals surface area contributed by atoms with Crippen molar-refractivity contribution in [1.82, 2.24) is 0 Å². The predicted molar refractivity (Wildman–Crippen MR) is 87.7 cm³/mol. The normalized spacial score (nSPS) is 24.5. The number of halogens is 3. The molecule has 4 nitrogen and oxygen atoms in total. The minimum atomic E-state index is -3.29. The van der Waals surface area contributed by atoms with Gasteiger partial charge in [-0.25, -0.2) is 18.0 Å². The van der Waals surface area contributed by atoms with Crippen LogP contribution in [0.5, 0.6) is 0 Å². The summed E-state index contributed by atoms with van der Waals surface area (Å²) in [5.74, 6) is -4.39. The van der Waals surface area contributed by atoms with Crippen LogP contribution in [0.25, 0.3) is 0 Å². The zero-order chi connectivity index (χ0) is 19.9. The largest absolute Gasteiger partial charge is 0.462 e. The highest BCUT2D eigenvalue weighted by atomic mass is 19.2. The maximum Gasteiger partial charge on any atom is 0.338 e. The molecule has 2 unspecified atom stereocenters. The molecule has 0 aromatic heterocycles. The minimum Gasteiger partial charge on any atom is -0.462 e. The Balaban J connectivity index is 2.68. The summed E-state index contributed by atoms with van der Waals surface area (Å²) in [6.45, 7) is 4.47. The van der Waals surface area contributed by atoms with E-state index in [1.165, 1.54) is 12.1 Å². The van der Waals surface area contributed by atoms with Crippen LogP contribution in [0.15, 0.2) is 35.7 Å². The fourth-order valence-corrected chi connectivity index (χ4v) is 3.55. The van der Waals surface area contributed by atoms with Crippen molar-refractivity contribution in [1.29, 1.82) is 0 Å². The van der Waals surface area contributed by atoms with Gasteiger partial charge < -0.3 is 4.74 Å². The van der Waals surface area contributed by atoms with E-state index in [-0.39, 0.29) is 12.2 Å². The van der Waals surface area contributed by atoms with Gasteiger partial charge in [0.15, 0.2) is 17.0 Å². The molecule has 1 aromatic carbocycles. The van der Waals surface area contributed by atoms with E-state index >= 15 is 4.39 Å². The van der Waals surface area contributed by atoms with E-state index in [9.17, 15) is 23.2 Å². The van der Waals surface area contributed by atoms with Gasteiger partial charge in [-0.3, -0.25) is 9.59 Å². The number of hydrogen-bond donors (Lipinski definition) is 0. The van der Waals surface area contributed by atoms with Crippen molar-refractivity contribution in [3.63, 3.8) is 0 Å². The lowest BCUT2D eigenvalue weighted by atomic mass is 9.65. The van der Waals surface area contributed by atoms with E-state index in [0.717, 1.165) is 32.9 Å². The highest BCUT2D eigenvalue weighted by Gasteiger charge is 2.72. The summed E-state index contributed by atoms with van der Waals surface area (Å²) in [5, 5.41) is 0. The number of allylic oxidation sites excluding steroid dienone is 2. The highest BCUT2D eigenvalue weighted by Crippen LogP contribution is 2.60. The molecule has 0 fully saturated rings. The Bertz CT molecular complexity index is 784. The van der Waals surface area contributed by atoms with E-state index in [1.807, 2.05) is 0 Å². The Morgan fingerprint density at radius 2 is 1.62 bits per heavy atom. The monoisotopic (exact) mass is 368 g/mol. The van der Waals surface area contributed by atoms with Gasteiger partial charge >= 0.3 is 5.97 Å². The molecule has 2 rings (SSSR count). The van der Waals surface area contributed by atoms with Crippen molar-refractivity contribution in [2.75, 3.05) is 6.61 Å². The first-order valence-electron chi connectivity index (χ1n) is 8.06. The van der Waals surface area contributed by atoms with Crippen molar-refractivity contribution in [3.05, 3.63) is 46.8 Å². The third-order valence-electron chi connectivity index (χ3n) is 4.86. The van der Waals surface area contributed by atoms with Gasteiger partial charge in [-0.15, -0.1) is 0 Å². The van der Waals surface area contributed by atoms with Gasteiger partial charge in [0.25, 0.3) is 0 Å². The third-order valence-corrected chi connectivity index (χ3v) is 4.86. The van der Waals surface area contributed by atoms with Gasteiger partial charge in [-0.1, -0.05) is 12.1 Å². The molecule has 1 aromatic rings. The second-order valence-electron chi connectivity index (χ2n) is 6.24. The van der Waals surface area contributed by atoms with Crippen molar-refractivity contribution < 1.29 is 32.3 Å². The molecule has 26 heavy (non-hydrogen) atoms. The van der Waals surface area contributed by atoms with Gasteiger partial charge in [0.05, 0.1) is 12.2 Å². The zero-order valence-electron chi connectivity index (χ0n) is 14.9. The van der Waals surface area contributed by atoms with Gasteiger partial charge in [0.2, 0.25) is 5.67 Å². The molecule has 1 aliphatic carbocycles. The molecule has 0 aliphatic heterocycles. The first-order valence-corrected chi connectivity index (χ1v) is 8.06. The van der Waals surface area contributed by atoms with E-state index in [4.69, 9.17) is 4.74 Å². The predicted octanol–water partition coefficient (Wildman–Crippen LogP) is 3.79. The molecule has 0 amide bonds. The lowest BCUT2D eigenvalue weighted by Gasteiger charge is -2.38. The Hall–Kier alpha value is -2.44. The number of benzene rings is 1. The molecule has 0 heterocycles. The van der Waals surface area contributed by atoms with E-state index in [1.54, 1.807) is 6.92 Å². The second-order valence-corrected chi connectivity index (χ2v) is 6.24. The van der Waals surface area contributed by atoms with E-state index in [2.05, 4.69) is 0 Å². The molecule has 7 heteroatoms. The number of ketones is 2. The van der Waals surface area contributed by atoms with E-state index < -0.39 is 51.8 Å². The number of rotatable bonds is 5. The van der Waals surface area contributed by atoms with Crippen LogP contribution in [0.3, 0.4) is 0 Å². The van der Waals surface area contributed by atoms with Crippen molar-refractivity contribution >= 4 is 17.5 Å². The standard InChI is InChI=1S/C19H19F3O4/c1-5-26-17(25)13-6-8-14(9-7-13)19(22)16(21)10(2)15(20)18(19,11(3)23)12(4)24/h6-9,15H,5H2,1-4H3. The summed E-state index contributed by atoms with van der Waals surface area (Å²) >= 11 is 0. The molecular weight excluding hydrogens is 349 g/mol. The molecular formula is C19H19F3O4. The van der Waals surface area contributed by atoms with Gasteiger partial charge in [0.1, 0.15) is 12.0 Å². The molecule has 2 atom stereocenters. The SMILES string of the molecule is CCOC(=O)c1ccc(C2(F)C(F)=C(C)C(F)C2(C(C)=O)C(C)=O)cc1. The molecule has 0 bridgehead atoms. The van der Waals surface area contributed by atoms with Crippen molar-refractivity contribution in [3.8, 4) is 0 Å². The van der Waals surface area contributed by atoms with Crippen LogP contribution in [-0.2, 0) is 20.0 Å². The average Bonchev–Trinajstić information content (AvgIpc) is 2.75. The number of carbonyl (C=O) groups is 3.